The van der Waals surface area contributed by atoms with Gasteiger partial charge in [0.2, 0.25) is 0 Å². The van der Waals surface area contributed by atoms with E-state index in [1.165, 1.54) is 5.56 Å². The Labute approximate surface area is 143 Å². The standard InChI is InChI=1S/C20H24N2O2/c1-2-15-8-6-7-11-19(15)24-14-20(23)22-12-17(18(21)13-22)16-9-4-3-5-10-16/h3-11,17-18H,2,12-14,21H2,1H3/t17-,18+/m0/s1. The molecular weight excluding hydrogens is 300 g/mol. The summed E-state index contributed by atoms with van der Waals surface area (Å²) in [7, 11) is 0. The molecular formula is C20H24N2O2. The minimum absolute atomic E-state index is 0.00483. The molecule has 1 amide bonds. The lowest BCUT2D eigenvalue weighted by atomic mass is 9.95. The fourth-order valence-corrected chi connectivity index (χ4v) is 3.25. The summed E-state index contributed by atoms with van der Waals surface area (Å²) in [5.41, 5.74) is 8.57. The third-order valence-electron chi connectivity index (χ3n) is 4.65. The second-order valence-electron chi connectivity index (χ2n) is 6.23. The predicted octanol–water partition coefficient (Wildman–Crippen LogP) is 2.58. The predicted molar refractivity (Wildman–Crippen MR) is 95.1 cm³/mol. The summed E-state index contributed by atoms with van der Waals surface area (Å²) in [5.74, 6) is 0.976. The van der Waals surface area contributed by atoms with Crippen molar-refractivity contribution < 1.29 is 9.53 Å². The van der Waals surface area contributed by atoms with Gasteiger partial charge in [-0.2, -0.15) is 0 Å². The van der Waals surface area contributed by atoms with E-state index in [-0.39, 0.29) is 24.5 Å². The van der Waals surface area contributed by atoms with E-state index < -0.39 is 0 Å². The summed E-state index contributed by atoms with van der Waals surface area (Å²) in [6, 6.07) is 18.0. The van der Waals surface area contributed by atoms with Crippen molar-refractivity contribution in [2.75, 3.05) is 19.7 Å². The van der Waals surface area contributed by atoms with E-state index >= 15 is 0 Å². The second kappa shape index (κ2) is 7.49. The van der Waals surface area contributed by atoms with Crippen LogP contribution in [-0.2, 0) is 11.2 Å². The van der Waals surface area contributed by atoms with E-state index in [0.29, 0.717) is 13.1 Å². The average molecular weight is 324 g/mol. The molecule has 2 N–H and O–H groups in total. The van der Waals surface area contributed by atoms with Crippen LogP contribution in [0.1, 0.15) is 24.0 Å². The van der Waals surface area contributed by atoms with Gasteiger partial charge >= 0.3 is 0 Å². The summed E-state index contributed by atoms with van der Waals surface area (Å²) in [6.45, 7) is 3.37. The highest BCUT2D eigenvalue weighted by molar-refractivity contribution is 5.78. The number of aryl methyl sites for hydroxylation is 1. The van der Waals surface area contributed by atoms with Crippen molar-refractivity contribution in [3.05, 3.63) is 65.7 Å². The van der Waals surface area contributed by atoms with E-state index in [1.54, 1.807) is 0 Å². The maximum atomic E-state index is 12.5. The lowest BCUT2D eigenvalue weighted by Gasteiger charge is -2.17. The number of rotatable bonds is 5. The SMILES string of the molecule is CCc1ccccc1OCC(=O)N1C[C@@H](N)[C@H](c2ccccc2)C1. The van der Waals surface area contributed by atoms with Gasteiger partial charge < -0.3 is 15.4 Å². The van der Waals surface area contributed by atoms with Crippen molar-refractivity contribution in [2.45, 2.75) is 25.3 Å². The molecule has 0 spiro atoms. The first kappa shape index (κ1) is 16.5. The quantitative estimate of drug-likeness (QED) is 0.920. The fraction of sp³-hybridized carbons (Fsp3) is 0.350. The molecule has 4 nitrogen and oxygen atoms in total. The van der Waals surface area contributed by atoms with Crippen molar-refractivity contribution in [1.82, 2.24) is 4.90 Å². The summed E-state index contributed by atoms with van der Waals surface area (Å²) >= 11 is 0. The molecule has 0 bridgehead atoms. The third-order valence-corrected chi connectivity index (χ3v) is 4.65. The van der Waals surface area contributed by atoms with Crippen molar-refractivity contribution >= 4 is 5.91 Å². The van der Waals surface area contributed by atoms with Gasteiger partial charge in [-0.15, -0.1) is 0 Å². The number of carbonyl (C=O) groups is 1. The zero-order chi connectivity index (χ0) is 16.9. The summed E-state index contributed by atoms with van der Waals surface area (Å²) in [6.07, 6.45) is 0.884. The smallest absolute Gasteiger partial charge is 0.260 e. The Morgan fingerprint density at radius 2 is 1.83 bits per heavy atom. The molecule has 0 aliphatic carbocycles. The average Bonchev–Trinajstić information content (AvgIpc) is 3.02. The lowest BCUT2D eigenvalue weighted by molar-refractivity contribution is -0.132. The molecule has 0 saturated carbocycles. The molecule has 4 heteroatoms. The number of carbonyl (C=O) groups excluding carboxylic acids is 1. The van der Waals surface area contributed by atoms with Crippen LogP contribution >= 0.6 is 0 Å². The zero-order valence-electron chi connectivity index (χ0n) is 14.0. The lowest BCUT2D eigenvalue weighted by Crippen LogP contribution is -2.35. The van der Waals surface area contributed by atoms with Crippen LogP contribution < -0.4 is 10.5 Å². The summed E-state index contributed by atoms with van der Waals surface area (Å²) < 4.78 is 5.75. The van der Waals surface area contributed by atoms with Gasteiger partial charge in [0.1, 0.15) is 5.75 Å². The summed E-state index contributed by atoms with van der Waals surface area (Å²) in [4.78, 5) is 14.3. The molecule has 1 saturated heterocycles. The Hall–Kier alpha value is -2.33. The zero-order valence-corrected chi connectivity index (χ0v) is 14.0. The van der Waals surface area contributed by atoms with Crippen LogP contribution in [-0.4, -0.2) is 36.5 Å². The maximum Gasteiger partial charge on any atom is 0.260 e. The molecule has 2 aromatic carbocycles. The van der Waals surface area contributed by atoms with Crippen molar-refractivity contribution in [2.24, 2.45) is 5.73 Å². The van der Waals surface area contributed by atoms with Gasteiger partial charge in [0, 0.05) is 25.0 Å². The van der Waals surface area contributed by atoms with Gasteiger partial charge in [0.15, 0.2) is 6.61 Å². The minimum Gasteiger partial charge on any atom is -0.483 e. The molecule has 0 aromatic heterocycles. The Bertz CT molecular complexity index is 687. The molecule has 1 aliphatic rings. The number of hydrogen-bond acceptors (Lipinski definition) is 3. The number of hydrogen-bond donors (Lipinski definition) is 1. The molecule has 126 valence electrons. The van der Waals surface area contributed by atoms with Gasteiger partial charge in [-0.3, -0.25) is 4.79 Å². The van der Waals surface area contributed by atoms with Gasteiger partial charge in [-0.05, 0) is 23.6 Å². The van der Waals surface area contributed by atoms with Gasteiger partial charge in [0.25, 0.3) is 5.91 Å². The molecule has 2 aromatic rings. The molecule has 24 heavy (non-hydrogen) atoms. The first-order valence-corrected chi connectivity index (χ1v) is 8.48. The Morgan fingerprint density at radius 3 is 2.58 bits per heavy atom. The molecule has 0 unspecified atom stereocenters. The van der Waals surface area contributed by atoms with Crippen LogP contribution in [0.5, 0.6) is 5.75 Å². The number of ether oxygens (including phenoxy) is 1. The van der Waals surface area contributed by atoms with E-state index in [1.807, 2.05) is 47.4 Å². The maximum absolute atomic E-state index is 12.5. The highest BCUT2D eigenvalue weighted by Crippen LogP contribution is 2.26. The Balaban J connectivity index is 1.60. The van der Waals surface area contributed by atoms with Crippen LogP contribution in [0.15, 0.2) is 54.6 Å². The second-order valence-corrected chi connectivity index (χ2v) is 6.23. The number of amides is 1. The molecule has 1 aliphatic heterocycles. The van der Waals surface area contributed by atoms with Crippen molar-refractivity contribution in [1.29, 1.82) is 0 Å². The van der Waals surface area contributed by atoms with E-state index in [9.17, 15) is 4.79 Å². The van der Waals surface area contributed by atoms with Crippen LogP contribution in [0.2, 0.25) is 0 Å². The molecule has 1 heterocycles. The molecule has 3 rings (SSSR count). The van der Waals surface area contributed by atoms with Crippen molar-refractivity contribution in [3.8, 4) is 5.75 Å². The van der Waals surface area contributed by atoms with Gasteiger partial charge in [-0.25, -0.2) is 0 Å². The largest absolute Gasteiger partial charge is 0.483 e. The normalized spacial score (nSPS) is 20.2. The molecule has 1 fully saturated rings. The Morgan fingerprint density at radius 1 is 1.12 bits per heavy atom. The highest BCUT2D eigenvalue weighted by Gasteiger charge is 2.33. The number of likely N-dealkylation sites (tertiary alicyclic amines) is 1. The number of para-hydroxylation sites is 1. The molecule has 2 atom stereocenters. The number of benzene rings is 2. The highest BCUT2D eigenvalue weighted by atomic mass is 16.5. The topological polar surface area (TPSA) is 55.6 Å². The summed E-state index contributed by atoms with van der Waals surface area (Å²) in [5, 5.41) is 0. The van der Waals surface area contributed by atoms with E-state index in [4.69, 9.17) is 10.5 Å². The van der Waals surface area contributed by atoms with Crippen LogP contribution in [0.25, 0.3) is 0 Å². The third kappa shape index (κ3) is 3.60. The Kier molecular flexibility index (Phi) is 5.16. The minimum atomic E-state index is -0.0284. The fourth-order valence-electron chi connectivity index (χ4n) is 3.25. The monoisotopic (exact) mass is 324 g/mol. The number of nitrogens with zero attached hydrogens (tertiary/aromatic N) is 1. The molecule has 0 radical (unpaired) electrons. The first-order valence-electron chi connectivity index (χ1n) is 8.48. The number of nitrogens with two attached hydrogens (primary N) is 1. The van der Waals surface area contributed by atoms with Gasteiger partial charge in [0.05, 0.1) is 0 Å². The van der Waals surface area contributed by atoms with Crippen molar-refractivity contribution in [3.63, 3.8) is 0 Å². The van der Waals surface area contributed by atoms with Crippen LogP contribution in [0, 0.1) is 0 Å². The van der Waals surface area contributed by atoms with Crippen LogP contribution in [0.3, 0.4) is 0 Å². The van der Waals surface area contributed by atoms with Gasteiger partial charge in [-0.1, -0.05) is 55.5 Å². The van der Waals surface area contributed by atoms with Crippen LogP contribution in [0.4, 0.5) is 0 Å². The van der Waals surface area contributed by atoms with E-state index in [0.717, 1.165) is 17.7 Å². The van der Waals surface area contributed by atoms with E-state index in [2.05, 4.69) is 19.1 Å². The first-order chi connectivity index (χ1) is 11.7.